The molecular formula is C18H25N3O4. The Morgan fingerprint density at radius 2 is 2.04 bits per heavy atom. The van der Waals surface area contributed by atoms with E-state index in [4.69, 9.17) is 9.47 Å². The van der Waals surface area contributed by atoms with E-state index in [1.165, 1.54) is 0 Å². The second-order valence-electron chi connectivity index (χ2n) is 6.23. The molecule has 2 aliphatic rings. The Morgan fingerprint density at radius 3 is 2.80 bits per heavy atom. The summed E-state index contributed by atoms with van der Waals surface area (Å²) < 4.78 is 10.6. The molecule has 0 bridgehead atoms. The van der Waals surface area contributed by atoms with Crippen LogP contribution in [0.1, 0.15) is 16.8 Å². The van der Waals surface area contributed by atoms with E-state index in [9.17, 15) is 9.59 Å². The molecular weight excluding hydrogens is 322 g/mol. The van der Waals surface area contributed by atoms with Crippen molar-refractivity contribution in [3.63, 3.8) is 0 Å². The molecule has 1 unspecified atom stereocenters. The molecule has 1 aromatic rings. The fourth-order valence-corrected chi connectivity index (χ4v) is 3.40. The molecule has 136 valence electrons. The first-order chi connectivity index (χ1) is 12.2. The fraction of sp³-hybridized carbons (Fsp3) is 0.556. The Kier molecular flexibility index (Phi) is 5.88. The van der Waals surface area contributed by atoms with Gasteiger partial charge in [-0.1, -0.05) is 12.1 Å². The van der Waals surface area contributed by atoms with Crippen LogP contribution in [0.25, 0.3) is 0 Å². The zero-order valence-electron chi connectivity index (χ0n) is 14.6. The van der Waals surface area contributed by atoms with Crippen LogP contribution in [-0.4, -0.2) is 80.7 Å². The van der Waals surface area contributed by atoms with Crippen molar-refractivity contribution < 1.29 is 19.1 Å². The standard InChI is InChI=1S/C18H25N3O4/c1-24-16-5-3-2-4-14(16)17(22)19-7-9-21-8-6-15(18(21)23)20-10-12-25-13-11-20/h2-5,15H,6-13H2,1H3,(H,19,22). The molecule has 1 atom stereocenters. The third kappa shape index (κ3) is 4.11. The summed E-state index contributed by atoms with van der Waals surface area (Å²) in [5.41, 5.74) is 0.504. The van der Waals surface area contributed by atoms with Gasteiger partial charge in [0, 0.05) is 32.7 Å². The topological polar surface area (TPSA) is 71.1 Å². The second-order valence-corrected chi connectivity index (χ2v) is 6.23. The molecule has 0 aliphatic carbocycles. The Balaban J connectivity index is 1.47. The number of carbonyl (C=O) groups excluding carboxylic acids is 2. The first-order valence-corrected chi connectivity index (χ1v) is 8.72. The van der Waals surface area contributed by atoms with Crippen molar-refractivity contribution in [1.82, 2.24) is 15.1 Å². The number of para-hydroxylation sites is 1. The summed E-state index contributed by atoms with van der Waals surface area (Å²) in [6.45, 7) is 4.71. The lowest BCUT2D eigenvalue weighted by Gasteiger charge is -2.31. The van der Waals surface area contributed by atoms with Gasteiger partial charge in [0.05, 0.1) is 31.9 Å². The number of morpholine rings is 1. The maximum absolute atomic E-state index is 12.6. The number of benzene rings is 1. The van der Waals surface area contributed by atoms with Gasteiger partial charge in [0.1, 0.15) is 5.75 Å². The van der Waals surface area contributed by atoms with Crippen molar-refractivity contribution in [3.8, 4) is 5.75 Å². The summed E-state index contributed by atoms with van der Waals surface area (Å²) in [7, 11) is 1.54. The molecule has 0 spiro atoms. The average molecular weight is 347 g/mol. The van der Waals surface area contributed by atoms with Gasteiger partial charge in [-0.3, -0.25) is 14.5 Å². The van der Waals surface area contributed by atoms with Crippen molar-refractivity contribution in [2.45, 2.75) is 12.5 Å². The van der Waals surface area contributed by atoms with E-state index in [1.807, 2.05) is 11.0 Å². The molecule has 7 heteroatoms. The SMILES string of the molecule is COc1ccccc1C(=O)NCCN1CCC(N2CCOCC2)C1=O. The van der Waals surface area contributed by atoms with E-state index in [-0.39, 0.29) is 17.9 Å². The minimum atomic E-state index is -0.186. The number of methoxy groups -OCH3 is 1. The van der Waals surface area contributed by atoms with Crippen LogP contribution in [0.5, 0.6) is 5.75 Å². The molecule has 0 radical (unpaired) electrons. The van der Waals surface area contributed by atoms with Gasteiger partial charge in [0.15, 0.2) is 0 Å². The van der Waals surface area contributed by atoms with E-state index >= 15 is 0 Å². The monoisotopic (exact) mass is 347 g/mol. The number of amides is 2. The number of hydrogen-bond acceptors (Lipinski definition) is 5. The van der Waals surface area contributed by atoms with Gasteiger partial charge in [0.25, 0.3) is 5.91 Å². The molecule has 25 heavy (non-hydrogen) atoms. The largest absolute Gasteiger partial charge is 0.496 e. The summed E-state index contributed by atoms with van der Waals surface area (Å²) in [4.78, 5) is 28.9. The number of carbonyl (C=O) groups is 2. The van der Waals surface area contributed by atoms with E-state index in [0.29, 0.717) is 37.6 Å². The van der Waals surface area contributed by atoms with Gasteiger partial charge < -0.3 is 19.7 Å². The van der Waals surface area contributed by atoms with Crippen LogP contribution in [-0.2, 0) is 9.53 Å². The van der Waals surface area contributed by atoms with E-state index < -0.39 is 0 Å². The third-order valence-corrected chi connectivity index (χ3v) is 4.77. The van der Waals surface area contributed by atoms with Crippen molar-refractivity contribution in [2.24, 2.45) is 0 Å². The van der Waals surface area contributed by atoms with Gasteiger partial charge >= 0.3 is 0 Å². The predicted molar refractivity (Wildman–Crippen MR) is 92.7 cm³/mol. The fourth-order valence-electron chi connectivity index (χ4n) is 3.40. The van der Waals surface area contributed by atoms with Crippen LogP contribution >= 0.6 is 0 Å². The van der Waals surface area contributed by atoms with Crippen molar-refractivity contribution >= 4 is 11.8 Å². The summed E-state index contributed by atoms with van der Waals surface area (Å²) >= 11 is 0. The highest BCUT2D eigenvalue weighted by molar-refractivity contribution is 5.96. The lowest BCUT2D eigenvalue weighted by Crippen LogP contribution is -2.48. The molecule has 1 N–H and O–H groups in total. The van der Waals surface area contributed by atoms with Gasteiger partial charge in [0.2, 0.25) is 5.91 Å². The molecule has 2 saturated heterocycles. The summed E-state index contributed by atoms with van der Waals surface area (Å²) in [5, 5.41) is 2.87. The summed E-state index contributed by atoms with van der Waals surface area (Å²) in [5.74, 6) is 0.520. The van der Waals surface area contributed by atoms with Gasteiger partial charge in [-0.2, -0.15) is 0 Å². The van der Waals surface area contributed by atoms with Crippen LogP contribution in [0.4, 0.5) is 0 Å². The van der Waals surface area contributed by atoms with Gasteiger partial charge in [-0.05, 0) is 18.6 Å². The maximum Gasteiger partial charge on any atom is 0.255 e. The van der Waals surface area contributed by atoms with Crippen LogP contribution in [0.3, 0.4) is 0 Å². The smallest absolute Gasteiger partial charge is 0.255 e. The normalized spacial score (nSPS) is 21.4. The highest BCUT2D eigenvalue weighted by Gasteiger charge is 2.36. The lowest BCUT2D eigenvalue weighted by atomic mass is 10.2. The van der Waals surface area contributed by atoms with Crippen LogP contribution < -0.4 is 10.1 Å². The third-order valence-electron chi connectivity index (χ3n) is 4.77. The van der Waals surface area contributed by atoms with Crippen LogP contribution in [0.15, 0.2) is 24.3 Å². The molecule has 0 saturated carbocycles. The van der Waals surface area contributed by atoms with Crippen molar-refractivity contribution in [2.75, 3.05) is 53.0 Å². The Labute approximate surface area is 147 Å². The zero-order valence-corrected chi connectivity index (χ0v) is 14.6. The van der Waals surface area contributed by atoms with Crippen molar-refractivity contribution in [3.05, 3.63) is 29.8 Å². The van der Waals surface area contributed by atoms with Crippen molar-refractivity contribution in [1.29, 1.82) is 0 Å². The molecule has 3 rings (SSSR count). The Bertz CT molecular complexity index is 616. The number of nitrogens with one attached hydrogen (secondary N) is 1. The number of hydrogen-bond donors (Lipinski definition) is 1. The molecule has 2 fully saturated rings. The first-order valence-electron chi connectivity index (χ1n) is 8.72. The first kappa shape index (κ1) is 17.7. The number of ether oxygens (including phenoxy) is 2. The van der Waals surface area contributed by atoms with Crippen LogP contribution in [0, 0.1) is 0 Å². The van der Waals surface area contributed by atoms with Gasteiger partial charge in [-0.25, -0.2) is 0 Å². The summed E-state index contributed by atoms with van der Waals surface area (Å²) in [6, 6.07) is 7.07. The highest BCUT2D eigenvalue weighted by Crippen LogP contribution is 2.19. The molecule has 0 aromatic heterocycles. The number of nitrogens with zero attached hydrogens (tertiary/aromatic N) is 2. The summed E-state index contributed by atoms with van der Waals surface area (Å²) in [6.07, 6.45) is 0.847. The molecule has 1 aromatic carbocycles. The van der Waals surface area contributed by atoms with E-state index in [2.05, 4.69) is 10.2 Å². The predicted octanol–water partition coefficient (Wildman–Crippen LogP) is 0.358. The van der Waals surface area contributed by atoms with E-state index in [1.54, 1.807) is 25.3 Å². The zero-order chi connectivity index (χ0) is 17.6. The number of rotatable bonds is 6. The molecule has 2 aliphatic heterocycles. The quantitative estimate of drug-likeness (QED) is 0.804. The highest BCUT2D eigenvalue weighted by atomic mass is 16.5. The molecule has 7 nitrogen and oxygen atoms in total. The van der Waals surface area contributed by atoms with Gasteiger partial charge in [-0.15, -0.1) is 0 Å². The van der Waals surface area contributed by atoms with E-state index in [0.717, 1.165) is 26.1 Å². The Morgan fingerprint density at radius 1 is 1.28 bits per heavy atom. The number of likely N-dealkylation sites (tertiary alicyclic amines) is 1. The lowest BCUT2D eigenvalue weighted by molar-refractivity contribution is -0.133. The minimum Gasteiger partial charge on any atom is -0.496 e. The average Bonchev–Trinajstić information content (AvgIpc) is 3.03. The second kappa shape index (κ2) is 8.31. The Hall–Kier alpha value is -2.12. The minimum absolute atomic E-state index is 0.0335. The maximum atomic E-state index is 12.6. The molecule has 2 amide bonds. The molecule has 2 heterocycles. The van der Waals surface area contributed by atoms with Crippen LogP contribution in [0.2, 0.25) is 0 Å².